The Bertz CT molecular complexity index is 449. The number of benzene rings is 1. The minimum Gasteiger partial charge on any atom is -0.385 e. The fraction of sp³-hybridized carbons (Fsp3) is 0.462. The van der Waals surface area contributed by atoms with E-state index in [1.165, 1.54) is 12.1 Å². The van der Waals surface area contributed by atoms with Gasteiger partial charge in [0.15, 0.2) is 0 Å². The van der Waals surface area contributed by atoms with Crippen LogP contribution in [0.15, 0.2) is 24.3 Å². The summed E-state index contributed by atoms with van der Waals surface area (Å²) < 4.78 is 0. The highest BCUT2D eigenvalue weighted by molar-refractivity contribution is 5.77. The van der Waals surface area contributed by atoms with Gasteiger partial charge in [0, 0.05) is 36.3 Å². The third-order valence-electron chi connectivity index (χ3n) is 2.27. The Morgan fingerprint density at radius 3 is 2.32 bits per heavy atom. The standard InChI is InChI=1S/C13H19N3O3/c1-13(2,3)15-12(17)8-9-14-10-4-6-11(7-5-10)16(18)19/h4-7,14H,8-9H2,1-3H3,(H,15,17). The molecule has 1 aromatic rings. The van der Waals surface area contributed by atoms with E-state index in [1.54, 1.807) is 12.1 Å². The first kappa shape index (κ1) is 14.9. The molecule has 1 rings (SSSR count). The SMILES string of the molecule is CC(C)(C)NC(=O)CCNc1ccc([N+](=O)[O-])cc1. The van der Waals surface area contributed by atoms with Gasteiger partial charge in [-0.05, 0) is 32.9 Å². The van der Waals surface area contributed by atoms with Crippen molar-refractivity contribution in [2.24, 2.45) is 0 Å². The summed E-state index contributed by atoms with van der Waals surface area (Å²) in [5, 5.41) is 16.4. The molecule has 6 nitrogen and oxygen atoms in total. The van der Waals surface area contributed by atoms with Crippen LogP contribution in [0, 0.1) is 10.1 Å². The highest BCUT2D eigenvalue weighted by Gasteiger charge is 2.13. The maximum Gasteiger partial charge on any atom is 0.269 e. The molecule has 0 aliphatic rings. The number of non-ortho nitro benzene ring substituents is 1. The van der Waals surface area contributed by atoms with Gasteiger partial charge in [0.25, 0.3) is 5.69 Å². The summed E-state index contributed by atoms with van der Waals surface area (Å²) in [6.07, 6.45) is 0.355. The molecule has 0 aliphatic carbocycles. The summed E-state index contributed by atoms with van der Waals surface area (Å²) >= 11 is 0. The van der Waals surface area contributed by atoms with Crippen molar-refractivity contribution in [3.05, 3.63) is 34.4 Å². The largest absolute Gasteiger partial charge is 0.385 e. The summed E-state index contributed by atoms with van der Waals surface area (Å²) in [6.45, 7) is 6.26. The number of nitrogens with one attached hydrogen (secondary N) is 2. The average Bonchev–Trinajstić information content (AvgIpc) is 2.27. The number of hydrogen-bond donors (Lipinski definition) is 2. The Balaban J connectivity index is 2.37. The first-order chi connectivity index (χ1) is 8.78. The predicted octanol–water partition coefficient (Wildman–Crippen LogP) is 2.31. The molecule has 0 aliphatic heterocycles. The number of carbonyl (C=O) groups is 1. The molecule has 0 aromatic heterocycles. The summed E-state index contributed by atoms with van der Waals surface area (Å²) in [5.41, 5.74) is 0.579. The molecule has 0 bridgehead atoms. The Labute approximate surface area is 112 Å². The molecule has 1 aromatic carbocycles. The van der Waals surface area contributed by atoms with Crippen LogP contribution in [0.1, 0.15) is 27.2 Å². The van der Waals surface area contributed by atoms with E-state index in [4.69, 9.17) is 0 Å². The van der Waals surface area contributed by atoms with E-state index in [0.29, 0.717) is 13.0 Å². The topological polar surface area (TPSA) is 84.3 Å². The molecule has 19 heavy (non-hydrogen) atoms. The first-order valence-electron chi connectivity index (χ1n) is 6.07. The molecule has 0 unspecified atom stereocenters. The second-order valence-corrected chi connectivity index (χ2v) is 5.28. The van der Waals surface area contributed by atoms with Crippen molar-refractivity contribution in [1.29, 1.82) is 0 Å². The van der Waals surface area contributed by atoms with E-state index < -0.39 is 4.92 Å². The monoisotopic (exact) mass is 265 g/mol. The van der Waals surface area contributed by atoms with E-state index in [1.807, 2.05) is 20.8 Å². The van der Waals surface area contributed by atoms with Gasteiger partial charge in [-0.2, -0.15) is 0 Å². The zero-order chi connectivity index (χ0) is 14.5. The molecular formula is C13H19N3O3. The highest BCUT2D eigenvalue weighted by Crippen LogP contribution is 2.15. The first-order valence-corrected chi connectivity index (χ1v) is 6.07. The van der Waals surface area contributed by atoms with Crippen molar-refractivity contribution >= 4 is 17.3 Å². The van der Waals surface area contributed by atoms with E-state index >= 15 is 0 Å². The van der Waals surface area contributed by atoms with Gasteiger partial charge in [0.2, 0.25) is 5.91 Å². The van der Waals surface area contributed by atoms with Gasteiger partial charge in [-0.3, -0.25) is 14.9 Å². The van der Waals surface area contributed by atoms with Gasteiger partial charge in [-0.15, -0.1) is 0 Å². The Hall–Kier alpha value is -2.11. The van der Waals surface area contributed by atoms with E-state index in [-0.39, 0.29) is 17.1 Å². The number of nitrogens with zero attached hydrogens (tertiary/aromatic N) is 1. The second-order valence-electron chi connectivity index (χ2n) is 5.28. The van der Waals surface area contributed by atoms with Gasteiger partial charge >= 0.3 is 0 Å². The number of rotatable bonds is 5. The molecule has 2 N–H and O–H groups in total. The molecule has 0 fully saturated rings. The Morgan fingerprint density at radius 2 is 1.84 bits per heavy atom. The van der Waals surface area contributed by atoms with Crippen LogP contribution in [0.4, 0.5) is 11.4 Å². The quantitative estimate of drug-likeness (QED) is 0.632. The van der Waals surface area contributed by atoms with Crippen molar-refractivity contribution in [1.82, 2.24) is 5.32 Å². The van der Waals surface area contributed by atoms with Crippen LogP contribution in [-0.2, 0) is 4.79 Å². The third kappa shape index (κ3) is 5.85. The smallest absolute Gasteiger partial charge is 0.269 e. The number of carbonyl (C=O) groups excluding carboxylic acids is 1. The number of amides is 1. The fourth-order valence-corrected chi connectivity index (χ4v) is 1.50. The lowest BCUT2D eigenvalue weighted by Gasteiger charge is -2.20. The summed E-state index contributed by atoms with van der Waals surface area (Å²) in [7, 11) is 0. The molecule has 0 radical (unpaired) electrons. The highest BCUT2D eigenvalue weighted by atomic mass is 16.6. The van der Waals surface area contributed by atoms with Crippen molar-refractivity contribution in [2.45, 2.75) is 32.7 Å². The van der Waals surface area contributed by atoms with Gasteiger partial charge in [0.05, 0.1) is 4.92 Å². The van der Waals surface area contributed by atoms with Crippen molar-refractivity contribution < 1.29 is 9.72 Å². The fourth-order valence-electron chi connectivity index (χ4n) is 1.50. The van der Waals surface area contributed by atoms with Crippen LogP contribution >= 0.6 is 0 Å². The summed E-state index contributed by atoms with van der Waals surface area (Å²) in [5.74, 6) is -0.0260. The number of nitro groups is 1. The molecule has 104 valence electrons. The van der Waals surface area contributed by atoms with Gasteiger partial charge in [0.1, 0.15) is 0 Å². The van der Waals surface area contributed by atoms with Crippen LogP contribution in [-0.4, -0.2) is 22.9 Å². The van der Waals surface area contributed by atoms with Crippen LogP contribution in [0.3, 0.4) is 0 Å². The maximum atomic E-state index is 11.6. The Morgan fingerprint density at radius 1 is 1.26 bits per heavy atom. The van der Waals surface area contributed by atoms with Crippen molar-refractivity contribution in [3.8, 4) is 0 Å². The predicted molar refractivity (Wildman–Crippen MR) is 74.1 cm³/mol. The summed E-state index contributed by atoms with van der Waals surface area (Å²) in [4.78, 5) is 21.6. The molecule has 0 saturated carbocycles. The molecule has 0 spiro atoms. The van der Waals surface area contributed by atoms with Crippen LogP contribution in [0.5, 0.6) is 0 Å². The van der Waals surface area contributed by atoms with Crippen LogP contribution < -0.4 is 10.6 Å². The van der Waals surface area contributed by atoms with E-state index in [2.05, 4.69) is 10.6 Å². The van der Waals surface area contributed by atoms with E-state index in [9.17, 15) is 14.9 Å². The number of hydrogen-bond acceptors (Lipinski definition) is 4. The van der Waals surface area contributed by atoms with Crippen LogP contribution in [0.2, 0.25) is 0 Å². The zero-order valence-electron chi connectivity index (χ0n) is 11.4. The van der Waals surface area contributed by atoms with Gasteiger partial charge < -0.3 is 10.6 Å². The lowest BCUT2D eigenvalue weighted by molar-refractivity contribution is -0.384. The molecule has 0 atom stereocenters. The molecular weight excluding hydrogens is 246 g/mol. The number of anilines is 1. The second kappa shape index (κ2) is 6.17. The van der Waals surface area contributed by atoms with Crippen molar-refractivity contribution in [3.63, 3.8) is 0 Å². The molecule has 6 heteroatoms. The molecule has 0 saturated heterocycles. The van der Waals surface area contributed by atoms with Gasteiger partial charge in [-0.25, -0.2) is 0 Å². The number of nitro benzene ring substituents is 1. The lowest BCUT2D eigenvalue weighted by Crippen LogP contribution is -2.41. The zero-order valence-corrected chi connectivity index (χ0v) is 11.4. The third-order valence-corrected chi connectivity index (χ3v) is 2.27. The van der Waals surface area contributed by atoms with Crippen molar-refractivity contribution in [2.75, 3.05) is 11.9 Å². The van der Waals surface area contributed by atoms with Gasteiger partial charge in [-0.1, -0.05) is 0 Å². The maximum absolute atomic E-state index is 11.6. The minimum absolute atomic E-state index is 0.0260. The minimum atomic E-state index is -0.444. The molecule has 0 heterocycles. The summed E-state index contributed by atoms with van der Waals surface area (Å²) in [6, 6.07) is 6.11. The van der Waals surface area contributed by atoms with Crippen LogP contribution in [0.25, 0.3) is 0 Å². The lowest BCUT2D eigenvalue weighted by atomic mass is 10.1. The Kier molecular flexibility index (Phi) is 4.86. The molecule has 1 amide bonds. The normalized spacial score (nSPS) is 10.9. The van der Waals surface area contributed by atoms with E-state index in [0.717, 1.165) is 5.69 Å². The average molecular weight is 265 g/mol.